The molecule has 0 aliphatic heterocycles. The SMILES string of the molecule is Cc1cccc(-c2ccc3c(c2)[nH]c2ccccc23)c1. The summed E-state index contributed by atoms with van der Waals surface area (Å²) in [5.74, 6) is 0. The maximum absolute atomic E-state index is 3.50. The number of aromatic nitrogens is 1. The molecule has 96 valence electrons. The van der Waals surface area contributed by atoms with Crippen LogP contribution in [0.25, 0.3) is 32.9 Å². The lowest BCUT2D eigenvalue weighted by Gasteiger charge is -2.03. The minimum Gasteiger partial charge on any atom is -0.354 e. The highest BCUT2D eigenvalue weighted by Gasteiger charge is 2.05. The fourth-order valence-electron chi connectivity index (χ4n) is 2.86. The van der Waals surface area contributed by atoms with Gasteiger partial charge < -0.3 is 4.98 Å². The van der Waals surface area contributed by atoms with Gasteiger partial charge in [-0.3, -0.25) is 0 Å². The van der Waals surface area contributed by atoms with Crippen molar-refractivity contribution in [3.8, 4) is 11.1 Å². The fourth-order valence-corrected chi connectivity index (χ4v) is 2.86. The molecule has 0 amide bonds. The van der Waals surface area contributed by atoms with Gasteiger partial charge in [-0.25, -0.2) is 0 Å². The number of benzene rings is 3. The molecule has 0 saturated heterocycles. The number of hydrogen-bond donors (Lipinski definition) is 1. The van der Waals surface area contributed by atoms with Crippen molar-refractivity contribution in [3.63, 3.8) is 0 Å². The molecular formula is C19H15N. The Bertz CT molecular complexity index is 915. The van der Waals surface area contributed by atoms with Gasteiger partial charge in [0.15, 0.2) is 0 Å². The van der Waals surface area contributed by atoms with Crippen LogP contribution in [0.15, 0.2) is 66.7 Å². The number of fused-ring (bicyclic) bond motifs is 3. The quantitative estimate of drug-likeness (QED) is 0.476. The Morgan fingerprint density at radius 2 is 1.45 bits per heavy atom. The van der Waals surface area contributed by atoms with Crippen LogP contribution < -0.4 is 0 Å². The van der Waals surface area contributed by atoms with Crippen molar-refractivity contribution in [1.29, 1.82) is 0 Å². The van der Waals surface area contributed by atoms with Gasteiger partial charge in [0.05, 0.1) is 0 Å². The van der Waals surface area contributed by atoms with E-state index in [9.17, 15) is 0 Å². The van der Waals surface area contributed by atoms with Crippen molar-refractivity contribution < 1.29 is 0 Å². The first-order chi connectivity index (χ1) is 9.81. The van der Waals surface area contributed by atoms with E-state index in [1.165, 1.54) is 38.5 Å². The topological polar surface area (TPSA) is 15.8 Å². The minimum absolute atomic E-state index is 1.20. The monoisotopic (exact) mass is 257 g/mol. The molecule has 1 N–H and O–H groups in total. The summed E-state index contributed by atoms with van der Waals surface area (Å²) >= 11 is 0. The van der Waals surface area contributed by atoms with E-state index < -0.39 is 0 Å². The lowest BCUT2D eigenvalue weighted by atomic mass is 10.0. The molecular weight excluding hydrogens is 242 g/mol. The summed E-state index contributed by atoms with van der Waals surface area (Å²) in [5.41, 5.74) is 6.21. The average Bonchev–Trinajstić information content (AvgIpc) is 2.85. The van der Waals surface area contributed by atoms with Crippen molar-refractivity contribution in [3.05, 3.63) is 72.3 Å². The zero-order valence-corrected chi connectivity index (χ0v) is 11.4. The molecule has 1 aromatic heterocycles. The lowest BCUT2D eigenvalue weighted by molar-refractivity contribution is 1.47. The molecule has 0 fully saturated rings. The Balaban J connectivity index is 1.97. The maximum atomic E-state index is 3.50. The summed E-state index contributed by atoms with van der Waals surface area (Å²) < 4.78 is 0. The number of rotatable bonds is 1. The van der Waals surface area contributed by atoms with Crippen molar-refractivity contribution >= 4 is 21.8 Å². The first kappa shape index (κ1) is 11.3. The lowest BCUT2D eigenvalue weighted by Crippen LogP contribution is -1.79. The van der Waals surface area contributed by atoms with Gasteiger partial charge in [-0.1, -0.05) is 60.2 Å². The van der Waals surface area contributed by atoms with Crippen LogP contribution in [0, 0.1) is 6.92 Å². The normalized spacial score (nSPS) is 11.2. The zero-order chi connectivity index (χ0) is 13.5. The molecule has 1 nitrogen and oxygen atoms in total. The Morgan fingerprint density at radius 1 is 0.650 bits per heavy atom. The summed E-state index contributed by atoms with van der Waals surface area (Å²) in [6.07, 6.45) is 0. The van der Waals surface area contributed by atoms with Gasteiger partial charge in [-0.05, 0) is 30.2 Å². The average molecular weight is 257 g/mol. The van der Waals surface area contributed by atoms with E-state index in [0.29, 0.717) is 0 Å². The van der Waals surface area contributed by atoms with Crippen LogP contribution in [0.2, 0.25) is 0 Å². The van der Waals surface area contributed by atoms with Crippen molar-refractivity contribution in [2.24, 2.45) is 0 Å². The Kier molecular flexibility index (Phi) is 2.40. The molecule has 0 spiro atoms. The van der Waals surface area contributed by atoms with Gasteiger partial charge >= 0.3 is 0 Å². The number of aromatic amines is 1. The minimum atomic E-state index is 1.20. The second kappa shape index (κ2) is 4.24. The van der Waals surface area contributed by atoms with Crippen LogP contribution in [0.4, 0.5) is 0 Å². The van der Waals surface area contributed by atoms with Gasteiger partial charge in [-0.2, -0.15) is 0 Å². The third-order valence-corrected chi connectivity index (χ3v) is 3.86. The Hall–Kier alpha value is -2.54. The second-order valence-corrected chi connectivity index (χ2v) is 5.30. The number of nitrogens with one attached hydrogen (secondary N) is 1. The van der Waals surface area contributed by atoms with Crippen molar-refractivity contribution in [2.75, 3.05) is 0 Å². The summed E-state index contributed by atoms with van der Waals surface area (Å²) in [4.78, 5) is 3.50. The molecule has 1 heteroatoms. The van der Waals surface area contributed by atoms with Gasteiger partial charge in [0.25, 0.3) is 0 Å². The summed E-state index contributed by atoms with van der Waals surface area (Å²) in [7, 11) is 0. The first-order valence-electron chi connectivity index (χ1n) is 6.89. The number of H-pyrrole nitrogens is 1. The predicted octanol–water partition coefficient (Wildman–Crippen LogP) is 5.30. The summed E-state index contributed by atoms with van der Waals surface area (Å²) in [6.45, 7) is 2.13. The molecule has 0 aliphatic rings. The number of para-hydroxylation sites is 1. The maximum Gasteiger partial charge on any atom is 0.0471 e. The van der Waals surface area contributed by atoms with Crippen molar-refractivity contribution in [2.45, 2.75) is 6.92 Å². The van der Waals surface area contributed by atoms with E-state index in [1.807, 2.05) is 0 Å². The molecule has 4 rings (SSSR count). The summed E-state index contributed by atoms with van der Waals surface area (Å²) in [6, 6.07) is 23.7. The zero-order valence-electron chi connectivity index (χ0n) is 11.4. The van der Waals surface area contributed by atoms with E-state index in [-0.39, 0.29) is 0 Å². The van der Waals surface area contributed by atoms with Gasteiger partial charge in [-0.15, -0.1) is 0 Å². The van der Waals surface area contributed by atoms with E-state index >= 15 is 0 Å². The molecule has 3 aromatic carbocycles. The largest absolute Gasteiger partial charge is 0.354 e. The molecule has 0 atom stereocenters. The Labute approximate surface area is 117 Å². The predicted molar refractivity (Wildman–Crippen MR) is 86.0 cm³/mol. The number of aryl methyl sites for hydroxylation is 1. The van der Waals surface area contributed by atoms with Crippen LogP contribution in [0.1, 0.15) is 5.56 Å². The third-order valence-electron chi connectivity index (χ3n) is 3.86. The molecule has 4 aromatic rings. The van der Waals surface area contributed by atoms with Crippen molar-refractivity contribution in [1.82, 2.24) is 4.98 Å². The van der Waals surface area contributed by atoms with Crippen LogP contribution in [-0.2, 0) is 0 Å². The third kappa shape index (κ3) is 1.71. The van der Waals surface area contributed by atoms with Crippen LogP contribution in [0.3, 0.4) is 0 Å². The molecule has 0 aliphatic carbocycles. The molecule has 0 radical (unpaired) electrons. The summed E-state index contributed by atoms with van der Waals surface area (Å²) in [5, 5.41) is 2.58. The molecule has 1 heterocycles. The second-order valence-electron chi connectivity index (χ2n) is 5.30. The van der Waals surface area contributed by atoms with E-state index in [4.69, 9.17) is 0 Å². The van der Waals surface area contributed by atoms with Crippen LogP contribution >= 0.6 is 0 Å². The molecule has 0 unspecified atom stereocenters. The van der Waals surface area contributed by atoms with Crippen LogP contribution in [0.5, 0.6) is 0 Å². The Morgan fingerprint density at radius 3 is 2.35 bits per heavy atom. The van der Waals surface area contributed by atoms with E-state index in [1.54, 1.807) is 0 Å². The number of hydrogen-bond acceptors (Lipinski definition) is 0. The standard InChI is InChI=1S/C19H15N/c1-13-5-4-6-14(11-13)15-9-10-17-16-7-2-3-8-18(16)20-19(17)12-15/h2-12,20H,1H3. The fraction of sp³-hybridized carbons (Fsp3) is 0.0526. The highest BCUT2D eigenvalue weighted by atomic mass is 14.7. The smallest absolute Gasteiger partial charge is 0.0471 e. The highest BCUT2D eigenvalue weighted by molar-refractivity contribution is 6.08. The molecule has 20 heavy (non-hydrogen) atoms. The van der Waals surface area contributed by atoms with Gasteiger partial charge in [0.2, 0.25) is 0 Å². The first-order valence-corrected chi connectivity index (χ1v) is 6.89. The highest BCUT2D eigenvalue weighted by Crippen LogP contribution is 2.29. The van der Waals surface area contributed by atoms with Crippen LogP contribution in [-0.4, -0.2) is 4.98 Å². The molecule has 0 saturated carbocycles. The molecule has 0 bridgehead atoms. The van der Waals surface area contributed by atoms with E-state index in [0.717, 1.165) is 0 Å². The van der Waals surface area contributed by atoms with E-state index in [2.05, 4.69) is 78.6 Å². The van der Waals surface area contributed by atoms with Gasteiger partial charge in [0.1, 0.15) is 0 Å². The van der Waals surface area contributed by atoms with Gasteiger partial charge in [0, 0.05) is 21.8 Å².